The molecule has 2 heterocycles. The minimum atomic E-state index is -0.747. The first-order valence-electron chi connectivity index (χ1n) is 7.96. The molecular weight excluding hydrogens is 329 g/mol. The van der Waals surface area contributed by atoms with E-state index in [1.807, 2.05) is 0 Å². The van der Waals surface area contributed by atoms with Crippen LogP contribution in [-0.4, -0.2) is 40.1 Å². The number of aliphatic imine (C=N–C) groups is 1. The summed E-state index contributed by atoms with van der Waals surface area (Å²) in [7, 11) is 0. The summed E-state index contributed by atoms with van der Waals surface area (Å²) in [5.74, 6) is -0.877. The highest BCUT2D eigenvalue weighted by molar-refractivity contribution is 5.81. The van der Waals surface area contributed by atoms with Crippen molar-refractivity contribution < 1.29 is 14.2 Å². The van der Waals surface area contributed by atoms with Crippen molar-refractivity contribution in [1.29, 1.82) is 0 Å². The number of halogens is 1. The predicted molar refractivity (Wildman–Crippen MR) is 89.9 cm³/mol. The van der Waals surface area contributed by atoms with Crippen molar-refractivity contribution in [3.05, 3.63) is 62.0 Å². The van der Waals surface area contributed by atoms with E-state index in [9.17, 15) is 19.1 Å². The normalized spacial score (nSPS) is 17.4. The fraction of sp³-hybridized carbons (Fsp3) is 0.353. The fourth-order valence-corrected chi connectivity index (χ4v) is 2.66. The molecule has 0 bridgehead atoms. The Morgan fingerprint density at radius 3 is 2.80 bits per heavy atom. The van der Waals surface area contributed by atoms with Crippen LogP contribution in [0.2, 0.25) is 0 Å². The monoisotopic (exact) mass is 347 g/mol. The first-order valence-corrected chi connectivity index (χ1v) is 7.96. The van der Waals surface area contributed by atoms with Crippen molar-refractivity contribution >= 4 is 6.21 Å². The largest absolute Gasteiger partial charge is 0.494 e. The van der Waals surface area contributed by atoms with E-state index in [1.165, 1.54) is 30.5 Å². The van der Waals surface area contributed by atoms with Crippen LogP contribution in [0.1, 0.15) is 24.0 Å². The average Bonchev–Trinajstić information content (AvgIpc) is 3.09. The van der Waals surface area contributed by atoms with Crippen LogP contribution in [0.15, 0.2) is 38.8 Å². The maximum Gasteiger partial charge on any atom is 0.331 e. The van der Waals surface area contributed by atoms with E-state index >= 15 is 0 Å². The summed E-state index contributed by atoms with van der Waals surface area (Å²) in [5.41, 5.74) is -0.954. The SMILES string of the molecule is O=c1[nH]c(=O)n(Cc2ccc(F)cc2)c(O)c1C=NC[C@H]1CCCO1. The number of aromatic nitrogens is 2. The predicted octanol–water partition coefficient (Wildman–Crippen LogP) is 1.03. The molecule has 8 heteroatoms. The van der Waals surface area contributed by atoms with Gasteiger partial charge in [-0.2, -0.15) is 0 Å². The van der Waals surface area contributed by atoms with E-state index in [2.05, 4.69) is 9.98 Å². The lowest BCUT2D eigenvalue weighted by molar-refractivity contribution is 0.118. The van der Waals surface area contributed by atoms with E-state index in [0.717, 1.165) is 17.4 Å². The molecule has 1 aliphatic heterocycles. The lowest BCUT2D eigenvalue weighted by Crippen LogP contribution is -2.32. The van der Waals surface area contributed by atoms with E-state index in [4.69, 9.17) is 4.74 Å². The van der Waals surface area contributed by atoms with Crippen molar-refractivity contribution in [3.8, 4) is 5.88 Å². The van der Waals surface area contributed by atoms with Gasteiger partial charge in [-0.05, 0) is 30.5 Å². The number of hydrogen-bond donors (Lipinski definition) is 2. The van der Waals surface area contributed by atoms with E-state index in [0.29, 0.717) is 18.7 Å². The highest BCUT2D eigenvalue weighted by Crippen LogP contribution is 2.14. The Labute approximate surface area is 142 Å². The Morgan fingerprint density at radius 1 is 1.36 bits per heavy atom. The maximum absolute atomic E-state index is 13.0. The highest BCUT2D eigenvalue weighted by atomic mass is 19.1. The van der Waals surface area contributed by atoms with Gasteiger partial charge in [-0.3, -0.25) is 19.3 Å². The van der Waals surface area contributed by atoms with Crippen molar-refractivity contribution in [2.75, 3.05) is 13.2 Å². The highest BCUT2D eigenvalue weighted by Gasteiger charge is 2.16. The summed E-state index contributed by atoms with van der Waals surface area (Å²) in [5, 5.41) is 10.3. The van der Waals surface area contributed by atoms with Crippen LogP contribution < -0.4 is 11.2 Å². The second-order valence-electron chi connectivity index (χ2n) is 5.84. The van der Waals surface area contributed by atoms with Crippen molar-refractivity contribution in [1.82, 2.24) is 9.55 Å². The molecule has 1 atom stereocenters. The van der Waals surface area contributed by atoms with Gasteiger partial charge in [0.1, 0.15) is 11.4 Å². The Morgan fingerprint density at radius 2 is 2.12 bits per heavy atom. The van der Waals surface area contributed by atoms with Gasteiger partial charge < -0.3 is 9.84 Å². The van der Waals surface area contributed by atoms with Gasteiger partial charge >= 0.3 is 5.69 Å². The molecule has 1 saturated heterocycles. The Kier molecular flexibility index (Phi) is 5.08. The van der Waals surface area contributed by atoms with Crippen LogP contribution in [0.25, 0.3) is 0 Å². The Balaban J connectivity index is 1.86. The molecule has 1 aromatic heterocycles. The van der Waals surface area contributed by atoms with Gasteiger partial charge in [0.25, 0.3) is 5.56 Å². The third-order valence-electron chi connectivity index (χ3n) is 4.01. The number of benzene rings is 1. The number of hydrogen-bond acceptors (Lipinski definition) is 5. The molecule has 0 aliphatic carbocycles. The van der Waals surface area contributed by atoms with Gasteiger partial charge in [-0.15, -0.1) is 0 Å². The first-order chi connectivity index (χ1) is 12.0. The summed E-state index contributed by atoms with van der Waals surface area (Å²) in [6, 6.07) is 5.51. The minimum absolute atomic E-state index is 0.00565. The number of nitrogens with one attached hydrogen (secondary N) is 1. The molecule has 1 aromatic carbocycles. The molecule has 132 valence electrons. The summed E-state index contributed by atoms with van der Waals surface area (Å²) < 4.78 is 19.4. The van der Waals surface area contributed by atoms with Crippen LogP contribution in [0.4, 0.5) is 4.39 Å². The van der Waals surface area contributed by atoms with Gasteiger partial charge in [0, 0.05) is 12.8 Å². The zero-order chi connectivity index (χ0) is 17.8. The van der Waals surface area contributed by atoms with Crippen molar-refractivity contribution in [2.45, 2.75) is 25.5 Å². The Hall–Kier alpha value is -2.74. The zero-order valence-corrected chi connectivity index (χ0v) is 13.4. The number of rotatable bonds is 5. The van der Waals surface area contributed by atoms with E-state index < -0.39 is 22.9 Å². The third-order valence-corrected chi connectivity index (χ3v) is 4.01. The topological polar surface area (TPSA) is 96.7 Å². The number of aromatic amines is 1. The maximum atomic E-state index is 13.0. The zero-order valence-electron chi connectivity index (χ0n) is 13.4. The molecule has 0 saturated carbocycles. The Bertz CT molecular complexity index is 880. The third kappa shape index (κ3) is 4.03. The molecule has 0 radical (unpaired) electrons. The lowest BCUT2D eigenvalue weighted by Gasteiger charge is -2.10. The number of aromatic hydroxyl groups is 1. The van der Waals surface area contributed by atoms with Gasteiger partial charge in [0.2, 0.25) is 5.88 Å². The summed E-state index contributed by atoms with van der Waals surface area (Å²) in [4.78, 5) is 30.2. The average molecular weight is 347 g/mol. The van der Waals surface area contributed by atoms with Gasteiger partial charge in [0.05, 0.1) is 19.2 Å². The number of H-pyrrole nitrogens is 1. The van der Waals surface area contributed by atoms with Crippen LogP contribution >= 0.6 is 0 Å². The van der Waals surface area contributed by atoms with Crippen LogP contribution in [0, 0.1) is 5.82 Å². The molecular formula is C17H18FN3O4. The quantitative estimate of drug-likeness (QED) is 0.790. The molecule has 2 N–H and O–H groups in total. The fourth-order valence-electron chi connectivity index (χ4n) is 2.66. The van der Waals surface area contributed by atoms with Gasteiger partial charge in [-0.25, -0.2) is 9.18 Å². The van der Waals surface area contributed by atoms with Crippen molar-refractivity contribution in [3.63, 3.8) is 0 Å². The minimum Gasteiger partial charge on any atom is -0.494 e. The molecule has 1 aliphatic rings. The van der Waals surface area contributed by atoms with Crippen LogP contribution in [0.3, 0.4) is 0 Å². The summed E-state index contributed by atoms with van der Waals surface area (Å²) in [6.07, 6.45) is 3.15. The molecule has 0 spiro atoms. The van der Waals surface area contributed by atoms with Crippen LogP contribution in [0.5, 0.6) is 5.88 Å². The molecule has 1 fully saturated rings. The number of ether oxygens (including phenoxy) is 1. The summed E-state index contributed by atoms with van der Waals surface area (Å²) in [6.45, 7) is 1.08. The molecule has 0 amide bonds. The van der Waals surface area contributed by atoms with E-state index in [-0.39, 0.29) is 18.2 Å². The molecule has 7 nitrogen and oxygen atoms in total. The van der Waals surface area contributed by atoms with Crippen LogP contribution in [-0.2, 0) is 11.3 Å². The second kappa shape index (κ2) is 7.43. The molecule has 25 heavy (non-hydrogen) atoms. The smallest absolute Gasteiger partial charge is 0.331 e. The molecule has 0 unspecified atom stereocenters. The summed E-state index contributed by atoms with van der Waals surface area (Å²) >= 11 is 0. The van der Waals surface area contributed by atoms with Gasteiger partial charge in [-0.1, -0.05) is 12.1 Å². The second-order valence-corrected chi connectivity index (χ2v) is 5.84. The number of nitrogens with zero attached hydrogens (tertiary/aromatic N) is 2. The van der Waals surface area contributed by atoms with Crippen molar-refractivity contribution in [2.24, 2.45) is 4.99 Å². The molecule has 2 aromatic rings. The van der Waals surface area contributed by atoms with E-state index in [1.54, 1.807) is 0 Å². The lowest BCUT2D eigenvalue weighted by atomic mass is 10.2. The first kappa shape index (κ1) is 17.1. The molecule has 3 rings (SSSR count). The van der Waals surface area contributed by atoms with Gasteiger partial charge in [0.15, 0.2) is 0 Å². The standard InChI is InChI=1S/C17H18FN3O4/c18-12-5-3-11(4-6-12)10-21-16(23)14(15(22)20-17(21)24)9-19-8-13-2-1-7-25-13/h3-6,9,13,23H,1-2,7-8,10H2,(H,20,22,24)/t13-/m1/s1.